The largest absolute Gasteiger partial charge is 0.497 e. The number of rotatable bonds is 9. The summed E-state index contributed by atoms with van der Waals surface area (Å²) in [4.78, 5) is 4.38. The topological polar surface area (TPSA) is 88.3 Å². The fourth-order valence-corrected chi connectivity index (χ4v) is 2.45. The van der Waals surface area contributed by atoms with E-state index in [9.17, 15) is 13.9 Å². The summed E-state index contributed by atoms with van der Waals surface area (Å²) in [6, 6.07) is 7.91. The van der Waals surface area contributed by atoms with Gasteiger partial charge in [0.25, 0.3) is 0 Å². The predicted molar refractivity (Wildman–Crippen MR) is 116 cm³/mol. The van der Waals surface area contributed by atoms with E-state index in [4.69, 9.17) is 9.15 Å². The van der Waals surface area contributed by atoms with Crippen LogP contribution < -0.4 is 20.1 Å². The molecule has 0 saturated heterocycles. The number of aliphatic imine (C=N–C) groups is 1. The molecule has 1 aromatic carbocycles. The Kier molecular flexibility index (Phi) is 10.2. The van der Waals surface area contributed by atoms with Gasteiger partial charge in [0.05, 0.1) is 26.5 Å². The van der Waals surface area contributed by atoms with Gasteiger partial charge in [0, 0.05) is 12.1 Å². The van der Waals surface area contributed by atoms with E-state index in [1.54, 1.807) is 25.1 Å². The molecule has 29 heavy (non-hydrogen) atoms. The lowest BCUT2D eigenvalue weighted by atomic mass is 10.0. The minimum absolute atomic E-state index is 0. The smallest absolute Gasteiger partial charge is 0.387 e. The Morgan fingerprint density at radius 2 is 2.07 bits per heavy atom. The second-order valence-corrected chi connectivity index (χ2v) is 6.15. The first-order valence-corrected chi connectivity index (χ1v) is 8.76. The minimum Gasteiger partial charge on any atom is -0.497 e. The number of alkyl halides is 2. The van der Waals surface area contributed by atoms with Crippen molar-refractivity contribution in [1.82, 2.24) is 10.6 Å². The van der Waals surface area contributed by atoms with E-state index >= 15 is 0 Å². The van der Waals surface area contributed by atoms with Crippen molar-refractivity contribution in [2.24, 2.45) is 4.99 Å². The summed E-state index contributed by atoms with van der Waals surface area (Å²) in [5.41, 5.74) is -0.811. The first-order valence-electron chi connectivity index (χ1n) is 8.76. The van der Waals surface area contributed by atoms with Crippen LogP contribution in [0.1, 0.15) is 25.2 Å². The molecule has 0 saturated carbocycles. The fraction of sp³-hybridized carbons (Fsp3) is 0.421. The summed E-state index contributed by atoms with van der Waals surface area (Å²) >= 11 is 0. The summed E-state index contributed by atoms with van der Waals surface area (Å²) in [6.07, 6.45) is 1.48. The van der Waals surface area contributed by atoms with Gasteiger partial charge >= 0.3 is 6.61 Å². The maximum atomic E-state index is 12.6. The summed E-state index contributed by atoms with van der Waals surface area (Å²) in [7, 11) is 1.48. The Hall–Kier alpha value is -2.08. The predicted octanol–water partition coefficient (Wildman–Crippen LogP) is 3.47. The van der Waals surface area contributed by atoms with Gasteiger partial charge in [0.1, 0.15) is 22.9 Å². The van der Waals surface area contributed by atoms with Crippen LogP contribution in [0.2, 0.25) is 0 Å². The van der Waals surface area contributed by atoms with Gasteiger partial charge in [-0.25, -0.2) is 4.99 Å². The molecule has 7 nitrogen and oxygen atoms in total. The summed E-state index contributed by atoms with van der Waals surface area (Å²) in [6.45, 7) is 1.33. The number of methoxy groups -OCH3 is 1. The van der Waals surface area contributed by atoms with Crippen LogP contribution in [-0.4, -0.2) is 37.9 Å². The number of furan rings is 1. The molecule has 10 heteroatoms. The van der Waals surface area contributed by atoms with Gasteiger partial charge in [-0.3, -0.25) is 0 Å². The zero-order valence-electron chi connectivity index (χ0n) is 16.4. The number of hydrogen-bond acceptors (Lipinski definition) is 5. The highest BCUT2D eigenvalue weighted by molar-refractivity contribution is 14.0. The van der Waals surface area contributed by atoms with Gasteiger partial charge < -0.3 is 29.6 Å². The number of halogens is 3. The van der Waals surface area contributed by atoms with Gasteiger partial charge in [-0.1, -0.05) is 0 Å². The second-order valence-electron chi connectivity index (χ2n) is 6.15. The Morgan fingerprint density at radius 3 is 2.66 bits per heavy atom. The maximum absolute atomic E-state index is 12.6. The number of guanidine groups is 1. The Balaban J connectivity index is 0.00000420. The van der Waals surface area contributed by atoms with E-state index in [-0.39, 0.29) is 42.8 Å². The number of benzene rings is 1. The molecular formula is C19H26F2IN3O4. The van der Waals surface area contributed by atoms with Gasteiger partial charge in [-0.05, 0) is 44.2 Å². The molecule has 0 fully saturated rings. The molecule has 0 radical (unpaired) electrons. The molecule has 0 spiro atoms. The highest BCUT2D eigenvalue weighted by atomic mass is 127. The van der Waals surface area contributed by atoms with Crippen LogP contribution in [0.25, 0.3) is 0 Å². The monoisotopic (exact) mass is 525 g/mol. The Bertz CT molecular complexity index is 771. The SMILES string of the molecule is CCNC(=NCc1cc(OC)ccc1OC(F)F)NCC(C)(O)c1ccco1.I. The fourth-order valence-electron chi connectivity index (χ4n) is 2.45. The lowest BCUT2D eigenvalue weighted by Gasteiger charge is -2.22. The molecule has 1 heterocycles. The third kappa shape index (κ3) is 7.69. The van der Waals surface area contributed by atoms with Crippen LogP contribution >= 0.6 is 24.0 Å². The van der Waals surface area contributed by atoms with Crippen LogP contribution in [-0.2, 0) is 12.1 Å². The van der Waals surface area contributed by atoms with Crippen molar-refractivity contribution in [3.05, 3.63) is 47.9 Å². The highest BCUT2D eigenvalue weighted by Crippen LogP contribution is 2.26. The highest BCUT2D eigenvalue weighted by Gasteiger charge is 2.26. The van der Waals surface area contributed by atoms with E-state index in [0.29, 0.717) is 29.6 Å². The van der Waals surface area contributed by atoms with E-state index in [2.05, 4.69) is 20.4 Å². The molecule has 0 aliphatic heterocycles. The summed E-state index contributed by atoms with van der Waals surface area (Å²) in [5.74, 6) is 1.35. The summed E-state index contributed by atoms with van der Waals surface area (Å²) in [5, 5.41) is 16.6. The lowest BCUT2D eigenvalue weighted by molar-refractivity contribution is -0.0504. The molecule has 0 bridgehead atoms. The first kappa shape index (κ1) is 25.0. The van der Waals surface area contributed by atoms with Gasteiger partial charge in [0.15, 0.2) is 5.96 Å². The quantitative estimate of drug-likeness (QED) is 0.264. The number of ether oxygens (including phenoxy) is 2. The molecular weight excluding hydrogens is 499 g/mol. The number of nitrogens with one attached hydrogen (secondary N) is 2. The third-order valence-corrected chi connectivity index (χ3v) is 3.89. The average Bonchev–Trinajstić information content (AvgIpc) is 3.20. The standard InChI is InChI=1S/C19H25F2N3O4.HI/c1-4-22-18(24-12-19(2,25)16-6-5-9-27-16)23-11-13-10-14(26-3)7-8-15(13)28-17(20)21;/h5-10,17,25H,4,11-12H2,1-3H3,(H2,22,23,24);1H. The molecule has 0 aliphatic carbocycles. The zero-order chi connectivity index (χ0) is 20.6. The van der Waals surface area contributed by atoms with Crippen molar-refractivity contribution < 1.29 is 27.8 Å². The average molecular weight is 525 g/mol. The summed E-state index contributed by atoms with van der Waals surface area (Å²) < 4.78 is 40.2. The van der Waals surface area contributed by atoms with Crippen LogP contribution in [0.5, 0.6) is 11.5 Å². The van der Waals surface area contributed by atoms with Crippen molar-refractivity contribution in [1.29, 1.82) is 0 Å². The number of nitrogens with zero attached hydrogens (tertiary/aromatic N) is 1. The first-order chi connectivity index (χ1) is 13.4. The maximum Gasteiger partial charge on any atom is 0.387 e. The molecule has 0 aliphatic rings. The van der Waals surface area contributed by atoms with E-state index in [1.165, 1.54) is 25.5 Å². The molecule has 1 atom stereocenters. The van der Waals surface area contributed by atoms with E-state index in [1.807, 2.05) is 6.92 Å². The zero-order valence-corrected chi connectivity index (χ0v) is 18.8. The molecule has 162 valence electrons. The van der Waals surface area contributed by atoms with Crippen molar-refractivity contribution in [2.75, 3.05) is 20.2 Å². The minimum atomic E-state index is -2.94. The third-order valence-electron chi connectivity index (χ3n) is 3.89. The van der Waals surface area contributed by atoms with Crippen molar-refractivity contribution >= 4 is 29.9 Å². The molecule has 1 unspecified atom stereocenters. The van der Waals surface area contributed by atoms with Crippen molar-refractivity contribution in [3.63, 3.8) is 0 Å². The van der Waals surface area contributed by atoms with Gasteiger partial charge in [-0.15, -0.1) is 24.0 Å². The van der Waals surface area contributed by atoms with Crippen LogP contribution in [0.15, 0.2) is 46.0 Å². The molecule has 2 aromatic rings. The van der Waals surface area contributed by atoms with E-state index < -0.39 is 12.2 Å². The van der Waals surface area contributed by atoms with Crippen LogP contribution in [0.3, 0.4) is 0 Å². The lowest BCUT2D eigenvalue weighted by Crippen LogP contribution is -2.44. The number of hydrogen-bond donors (Lipinski definition) is 3. The van der Waals surface area contributed by atoms with E-state index in [0.717, 1.165) is 0 Å². The van der Waals surface area contributed by atoms with Crippen LogP contribution in [0, 0.1) is 0 Å². The van der Waals surface area contributed by atoms with Crippen molar-refractivity contribution in [2.45, 2.75) is 32.6 Å². The van der Waals surface area contributed by atoms with Gasteiger partial charge in [-0.2, -0.15) is 8.78 Å². The Morgan fingerprint density at radius 1 is 1.31 bits per heavy atom. The van der Waals surface area contributed by atoms with Gasteiger partial charge in [0.2, 0.25) is 0 Å². The Labute approximate surface area is 185 Å². The second kappa shape index (κ2) is 11.8. The van der Waals surface area contributed by atoms with Crippen LogP contribution in [0.4, 0.5) is 8.78 Å². The van der Waals surface area contributed by atoms with Crippen molar-refractivity contribution in [3.8, 4) is 11.5 Å². The molecule has 0 amide bonds. The molecule has 2 rings (SSSR count). The number of aliphatic hydroxyl groups is 1. The molecule has 1 aromatic heterocycles. The normalized spacial score (nSPS) is 13.4. The molecule has 3 N–H and O–H groups in total.